The molecule has 2 heterocycles. The predicted octanol–water partition coefficient (Wildman–Crippen LogP) is 4.53. The minimum atomic E-state index is -0.293. The van der Waals surface area contributed by atoms with Crippen LogP contribution >= 0.6 is 11.8 Å². The number of rotatable bonds is 9. The fourth-order valence-electron chi connectivity index (χ4n) is 3.85. The molecular formula is C25H29N3O3S. The normalized spacial score (nSPS) is 16.6. The number of thioether (sulfide) groups is 1. The van der Waals surface area contributed by atoms with Crippen LogP contribution in [0.3, 0.4) is 0 Å². The van der Waals surface area contributed by atoms with Gasteiger partial charge in [-0.15, -0.1) is 0 Å². The second-order valence-corrected chi connectivity index (χ2v) is 9.14. The van der Waals surface area contributed by atoms with E-state index >= 15 is 0 Å². The third-order valence-electron chi connectivity index (χ3n) is 5.60. The number of benzene rings is 2. The second-order valence-electron chi connectivity index (χ2n) is 7.83. The highest BCUT2D eigenvalue weighted by Crippen LogP contribution is 2.30. The van der Waals surface area contributed by atoms with Crippen LogP contribution in [0.4, 0.5) is 0 Å². The van der Waals surface area contributed by atoms with Crippen molar-refractivity contribution in [3.63, 3.8) is 0 Å². The molecule has 1 aliphatic rings. The van der Waals surface area contributed by atoms with E-state index < -0.39 is 0 Å². The van der Waals surface area contributed by atoms with Gasteiger partial charge >= 0.3 is 0 Å². The second kappa shape index (κ2) is 10.7. The Morgan fingerprint density at radius 1 is 1.25 bits per heavy atom. The molecule has 1 aromatic heterocycles. The average molecular weight is 452 g/mol. The van der Waals surface area contributed by atoms with E-state index in [2.05, 4.69) is 27.0 Å². The first-order valence-corrected chi connectivity index (χ1v) is 11.8. The first kappa shape index (κ1) is 22.4. The fraction of sp³-hybridized carbons (Fsp3) is 0.360. The van der Waals surface area contributed by atoms with Crippen LogP contribution in [-0.2, 0) is 22.6 Å². The third kappa shape index (κ3) is 5.34. The van der Waals surface area contributed by atoms with Gasteiger partial charge < -0.3 is 19.4 Å². The molecule has 0 aliphatic carbocycles. The first-order valence-electron chi connectivity index (χ1n) is 10.9. The molecule has 1 saturated heterocycles. The minimum absolute atomic E-state index is 0.0335. The first-order chi connectivity index (χ1) is 15.7. The molecule has 2 unspecified atom stereocenters. The van der Waals surface area contributed by atoms with Crippen molar-refractivity contribution in [3.8, 4) is 17.0 Å². The molecule has 4 rings (SSSR count). The van der Waals surface area contributed by atoms with E-state index in [4.69, 9.17) is 9.47 Å². The Hall–Kier alpha value is -2.77. The molecule has 2 aromatic carbocycles. The van der Waals surface area contributed by atoms with Crippen LogP contribution in [0.1, 0.15) is 25.3 Å². The van der Waals surface area contributed by atoms with E-state index in [1.807, 2.05) is 55.6 Å². The number of carbonyl (C=O) groups excluding carboxylic acids is 1. The maximum atomic E-state index is 12.8. The van der Waals surface area contributed by atoms with Crippen molar-refractivity contribution in [1.29, 1.82) is 0 Å². The summed E-state index contributed by atoms with van der Waals surface area (Å²) in [6.45, 7) is 3.88. The van der Waals surface area contributed by atoms with Crippen LogP contribution in [0.15, 0.2) is 66.0 Å². The molecule has 168 valence electrons. The zero-order chi connectivity index (χ0) is 22.3. The van der Waals surface area contributed by atoms with Crippen molar-refractivity contribution in [2.45, 2.75) is 49.4 Å². The number of nitrogens with zero attached hydrogens (tertiary/aromatic N) is 2. The molecule has 32 heavy (non-hydrogen) atoms. The summed E-state index contributed by atoms with van der Waals surface area (Å²) in [4.78, 5) is 17.5. The van der Waals surface area contributed by atoms with Crippen LogP contribution in [0.25, 0.3) is 11.3 Å². The van der Waals surface area contributed by atoms with Gasteiger partial charge in [-0.05, 0) is 31.4 Å². The summed E-state index contributed by atoms with van der Waals surface area (Å²) in [5.41, 5.74) is 3.11. The van der Waals surface area contributed by atoms with Crippen LogP contribution in [-0.4, -0.2) is 40.5 Å². The predicted molar refractivity (Wildman–Crippen MR) is 127 cm³/mol. The summed E-state index contributed by atoms with van der Waals surface area (Å²) < 4.78 is 13.5. The lowest BCUT2D eigenvalue weighted by Gasteiger charge is -2.18. The Morgan fingerprint density at radius 2 is 2.03 bits per heavy atom. The number of hydrogen-bond acceptors (Lipinski definition) is 5. The number of methoxy groups -OCH3 is 1. The number of nitrogens with one attached hydrogen (secondary N) is 1. The molecule has 0 bridgehead atoms. The minimum Gasteiger partial charge on any atom is -0.496 e. The highest BCUT2D eigenvalue weighted by atomic mass is 32.2. The van der Waals surface area contributed by atoms with Crippen molar-refractivity contribution < 1.29 is 14.3 Å². The summed E-state index contributed by atoms with van der Waals surface area (Å²) in [6, 6.07) is 17.9. The van der Waals surface area contributed by atoms with Crippen molar-refractivity contribution in [1.82, 2.24) is 14.9 Å². The van der Waals surface area contributed by atoms with Crippen LogP contribution < -0.4 is 10.1 Å². The molecule has 1 N–H and O–H groups in total. The topological polar surface area (TPSA) is 65.4 Å². The van der Waals surface area contributed by atoms with E-state index in [0.29, 0.717) is 6.54 Å². The highest BCUT2D eigenvalue weighted by molar-refractivity contribution is 8.00. The molecule has 1 fully saturated rings. The zero-order valence-electron chi connectivity index (χ0n) is 18.5. The lowest BCUT2D eigenvalue weighted by atomic mass is 10.1. The van der Waals surface area contributed by atoms with Gasteiger partial charge in [0.2, 0.25) is 5.91 Å². The largest absolute Gasteiger partial charge is 0.496 e. The molecule has 0 saturated carbocycles. The lowest BCUT2D eigenvalue weighted by Crippen LogP contribution is -2.31. The third-order valence-corrected chi connectivity index (χ3v) is 6.70. The number of ether oxygens (including phenoxy) is 2. The van der Waals surface area contributed by atoms with Gasteiger partial charge in [-0.25, -0.2) is 4.98 Å². The summed E-state index contributed by atoms with van der Waals surface area (Å²) >= 11 is 1.48. The maximum Gasteiger partial charge on any atom is 0.233 e. The molecule has 1 amide bonds. The van der Waals surface area contributed by atoms with Gasteiger partial charge in [0.25, 0.3) is 0 Å². The Labute approximate surface area is 193 Å². The van der Waals surface area contributed by atoms with Crippen molar-refractivity contribution in [3.05, 3.63) is 66.4 Å². The number of imidazole rings is 1. The molecule has 1 aliphatic heterocycles. The van der Waals surface area contributed by atoms with Gasteiger partial charge in [-0.1, -0.05) is 60.3 Å². The number of para-hydroxylation sites is 1. The SMILES string of the molecule is COc1ccccc1CNC(=O)C(C)Sc1ncc(-c2ccccc2)n1CC1CCCO1. The molecule has 0 spiro atoms. The Bertz CT molecular complexity index is 1030. The molecule has 2 atom stereocenters. The summed E-state index contributed by atoms with van der Waals surface area (Å²) in [5.74, 6) is 0.738. The van der Waals surface area contributed by atoms with E-state index in [1.54, 1.807) is 7.11 Å². The van der Waals surface area contributed by atoms with Crippen LogP contribution in [0, 0.1) is 0 Å². The summed E-state index contributed by atoms with van der Waals surface area (Å²) in [6.07, 6.45) is 4.21. The van der Waals surface area contributed by atoms with Crippen molar-refractivity contribution in [2.24, 2.45) is 0 Å². The van der Waals surface area contributed by atoms with Gasteiger partial charge in [-0.2, -0.15) is 0 Å². The van der Waals surface area contributed by atoms with Crippen LogP contribution in [0.5, 0.6) is 5.75 Å². The van der Waals surface area contributed by atoms with Gasteiger partial charge in [0, 0.05) is 18.7 Å². The smallest absolute Gasteiger partial charge is 0.233 e. The maximum absolute atomic E-state index is 12.8. The standard InChI is InChI=1S/C25H29N3O3S/c1-18(24(29)26-15-20-11-6-7-13-23(20)30-2)32-25-27-16-22(19-9-4-3-5-10-19)28(25)17-21-12-8-14-31-21/h3-7,9-11,13,16,18,21H,8,12,14-15,17H2,1-2H3,(H,26,29). The Kier molecular flexibility index (Phi) is 7.50. The zero-order valence-corrected chi connectivity index (χ0v) is 19.3. The van der Waals surface area contributed by atoms with E-state index in [0.717, 1.165) is 53.7 Å². The van der Waals surface area contributed by atoms with Gasteiger partial charge in [0.05, 0.1) is 36.9 Å². The van der Waals surface area contributed by atoms with Gasteiger partial charge in [0.15, 0.2) is 5.16 Å². The highest BCUT2D eigenvalue weighted by Gasteiger charge is 2.23. The number of aromatic nitrogens is 2. The Balaban J connectivity index is 1.47. The fourth-order valence-corrected chi connectivity index (χ4v) is 4.77. The number of carbonyl (C=O) groups is 1. The monoisotopic (exact) mass is 451 g/mol. The van der Waals surface area contributed by atoms with Gasteiger partial charge in [0.1, 0.15) is 5.75 Å². The number of hydrogen-bond donors (Lipinski definition) is 1. The van der Waals surface area contributed by atoms with Crippen LogP contribution in [0.2, 0.25) is 0 Å². The van der Waals surface area contributed by atoms with E-state index in [-0.39, 0.29) is 17.3 Å². The van der Waals surface area contributed by atoms with Crippen molar-refractivity contribution in [2.75, 3.05) is 13.7 Å². The molecule has 3 aromatic rings. The summed E-state index contributed by atoms with van der Waals surface area (Å²) in [5, 5.41) is 3.56. The molecular weight excluding hydrogens is 422 g/mol. The number of amides is 1. The van der Waals surface area contributed by atoms with Gasteiger partial charge in [-0.3, -0.25) is 4.79 Å². The van der Waals surface area contributed by atoms with E-state index in [1.165, 1.54) is 11.8 Å². The summed E-state index contributed by atoms with van der Waals surface area (Å²) in [7, 11) is 1.64. The molecule has 7 heteroatoms. The average Bonchev–Trinajstić information content (AvgIpc) is 3.49. The van der Waals surface area contributed by atoms with E-state index in [9.17, 15) is 4.79 Å². The molecule has 0 radical (unpaired) electrons. The molecule has 6 nitrogen and oxygen atoms in total. The van der Waals surface area contributed by atoms with Crippen molar-refractivity contribution >= 4 is 17.7 Å². The lowest BCUT2D eigenvalue weighted by molar-refractivity contribution is -0.120. The quantitative estimate of drug-likeness (QED) is 0.484. The Morgan fingerprint density at radius 3 is 2.78 bits per heavy atom.